The summed E-state index contributed by atoms with van der Waals surface area (Å²) in [7, 11) is 0. The Bertz CT molecular complexity index is 1310. The molecule has 8 nitrogen and oxygen atoms in total. The number of aromatic nitrogens is 4. The molecule has 31 heavy (non-hydrogen) atoms. The van der Waals surface area contributed by atoms with Crippen molar-refractivity contribution in [3.8, 4) is 5.69 Å². The van der Waals surface area contributed by atoms with E-state index in [-0.39, 0.29) is 27.6 Å². The second-order valence-electron chi connectivity index (χ2n) is 6.43. The second-order valence-corrected chi connectivity index (χ2v) is 6.86. The van der Waals surface area contributed by atoms with Crippen LogP contribution in [-0.4, -0.2) is 30.8 Å². The number of anilines is 2. The fourth-order valence-electron chi connectivity index (χ4n) is 2.95. The Morgan fingerprint density at radius 1 is 1.13 bits per heavy atom. The Morgan fingerprint density at radius 2 is 1.90 bits per heavy atom. The number of fused-ring (bicyclic) bond motifs is 1. The van der Waals surface area contributed by atoms with Gasteiger partial charge in [0, 0.05) is 17.2 Å². The molecular weight excluding hydrogens is 437 g/mol. The summed E-state index contributed by atoms with van der Waals surface area (Å²) in [5.41, 5.74) is 5.28. The van der Waals surface area contributed by atoms with E-state index in [1.807, 2.05) is 0 Å². The van der Waals surface area contributed by atoms with Gasteiger partial charge in [-0.1, -0.05) is 11.6 Å². The summed E-state index contributed by atoms with van der Waals surface area (Å²) in [6, 6.07) is 4.55. The zero-order valence-corrected chi connectivity index (χ0v) is 16.1. The molecule has 1 atom stereocenters. The zero-order valence-electron chi connectivity index (χ0n) is 15.4. The number of nitrogen functional groups attached to an aromatic ring is 1. The zero-order chi connectivity index (χ0) is 22.3. The third-order valence-electron chi connectivity index (χ3n) is 4.36. The molecule has 0 unspecified atom stereocenters. The fourth-order valence-corrected chi connectivity index (χ4v) is 3.18. The van der Waals surface area contributed by atoms with Gasteiger partial charge in [-0.15, -0.1) is 0 Å². The van der Waals surface area contributed by atoms with E-state index in [1.54, 1.807) is 0 Å². The molecule has 158 valence electrons. The number of carbonyl (C=O) groups is 1. The van der Waals surface area contributed by atoms with Crippen molar-refractivity contribution in [2.45, 2.75) is 6.10 Å². The number of aliphatic hydroxyl groups is 1. The minimum absolute atomic E-state index is 0.0107. The molecule has 0 aliphatic heterocycles. The highest BCUT2D eigenvalue weighted by Gasteiger charge is 2.22. The van der Waals surface area contributed by atoms with Crippen LogP contribution in [0.4, 0.5) is 24.7 Å². The predicted molar refractivity (Wildman–Crippen MR) is 106 cm³/mol. The lowest BCUT2D eigenvalue weighted by Gasteiger charge is -2.14. The van der Waals surface area contributed by atoms with E-state index in [0.29, 0.717) is 11.6 Å². The third-order valence-corrected chi connectivity index (χ3v) is 4.58. The van der Waals surface area contributed by atoms with Crippen LogP contribution in [0.5, 0.6) is 0 Å². The van der Waals surface area contributed by atoms with Gasteiger partial charge in [0.25, 0.3) is 5.91 Å². The summed E-state index contributed by atoms with van der Waals surface area (Å²) in [5.74, 6) is -3.85. The number of rotatable bonds is 4. The first-order chi connectivity index (χ1) is 14.7. The average Bonchev–Trinajstić information content (AvgIpc) is 3.14. The first kappa shape index (κ1) is 20.6. The maximum atomic E-state index is 14.7. The Morgan fingerprint density at radius 3 is 2.65 bits per heavy atom. The number of carbonyl (C=O) groups excluding carboxylic acids is 1. The number of amides is 1. The van der Waals surface area contributed by atoms with Gasteiger partial charge < -0.3 is 16.2 Å². The topological polar surface area (TPSA) is 119 Å². The quantitative estimate of drug-likeness (QED) is 0.441. The minimum atomic E-state index is -1.87. The maximum Gasteiger partial charge on any atom is 0.257 e. The standard InChI is InChI=1S/C19H12ClF3N6O2/c20-9-1-8(2-10(21)3-9)17(30)19(31)28-13-4-12(23)15(5-11(13)22)29-16-14(6-27-29)25-7-26-18(16)24/h1-7,17,30H,(H,28,31)(H2,24,25,26)/t17-/m1/s1. The van der Waals surface area contributed by atoms with Crippen molar-refractivity contribution in [3.05, 3.63) is 70.9 Å². The van der Waals surface area contributed by atoms with E-state index in [1.165, 1.54) is 18.6 Å². The molecule has 2 aromatic heterocycles. The SMILES string of the molecule is Nc1ncnc2cnn(-c3cc(F)c(NC(=O)[C@H](O)c4cc(F)cc(Cl)c4)cc3F)c12. The van der Waals surface area contributed by atoms with Crippen LogP contribution in [0.1, 0.15) is 11.7 Å². The fraction of sp³-hybridized carbons (Fsp3) is 0.0526. The van der Waals surface area contributed by atoms with Gasteiger partial charge in [-0.05, 0) is 23.8 Å². The maximum absolute atomic E-state index is 14.7. The highest BCUT2D eigenvalue weighted by Crippen LogP contribution is 2.27. The molecule has 1 amide bonds. The number of nitrogens with two attached hydrogens (primary N) is 1. The van der Waals surface area contributed by atoms with Gasteiger partial charge in [-0.2, -0.15) is 5.10 Å². The van der Waals surface area contributed by atoms with Gasteiger partial charge >= 0.3 is 0 Å². The van der Waals surface area contributed by atoms with E-state index >= 15 is 0 Å². The van der Waals surface area contributed by atoms with Crippen LogP contribution in [0.2, 0.25) is 5.02 Å². The smallest absolute Gasteiger partial charge is 0.257 e. The summed E-state index contributed by atoms with van der Waals surface area (Å²) >= 11 is 5.71. The van der Waals surface area contributed by atoms with Crippen molar-refractivity contribution in [1.82, 2.24) is 19.7 Å². The van der Waals surface area contributed by atoms with Gasteiger partial charge in [0.2, 0.25) is 0 Å². The molecule has 0 fully saturated rings. The van der Waals surface area contributed by atoms with Crippen molar-refractivity contribution in [1.29, 1.82) is 0 Å². The molecule has 0 bridgehead atoms. The van der Waals surface area contributed by atoms with Crippen LogP contribution >= 0.6 is 11.6 Å². The van der Waals surface area contributed by atoms with E-state index in [0.717, 1.165) is 22.9 Å². The van der Waals surface area contributed by atoms with Crippen molar-refractivity contribution in [2.24, 2.45) is 0 Å². The molecule has 2 aromatic carbocycles. The Hall–Kier alpha value is -3.70. The van der Waals surface area contributed by atoms with Crippen molar-refractivity contribution >= 4 is 40.0 Å². The molecule has 12 heteroatoms. The molecule has 4 N–H and O–H groups in total. The van der Waals surface area contributed by atoms with Crippen LogP contribution in [0.3, 0.4) is 0 Å². The summed E-state index contributed by atoms with van der Waals surface area (Å²) in [6.45, 7) is 0. The largest absolute Gasteiger partial charge is 0.382 e. The van der Waals surface area contributed by atoms with Crippen LogP contribution < -0.4 is 11.1 Å². The summed E-state index contributed by atoms with van der Waals surface area (Å²) < 4.78 is 43.8. The van der Waals surface area contributed by atoms with E-state index in [9.17, 15) is 23.1 Å². The number of hydrogen-bond donors (Lipinski definition) is 3. The number of halogens is 4. The summed E-state index contributed by atoms with van der Waals surface area (Å²) in [4.78, 5) is 20.0. The first-order valence-corrected chi connectivity index (χ1v) is 9.01. The van der Waals surface area contributed by atoms with Crippen LogP contribution in [0.25, 0.3) is 16.7 Å². The molecular formula is C19H12ClF3N6O2. The Balaban J connectivity index is 1.65. The van der Waals surface area contributed by atoms with Gasteiger partial charge in [0.05, 0.1) is 11.9 Å². The number of benzene rings is 2. The molecule has 0 spiro atoms. The minimum Gasteiger partial charge on any atom is -0.382 e. The number of hydrogen-bond acceptors (Lipinski definition) is 6. The highest BCUT2D eigenvalue weighted by molar-refractivity contribution is 6.30. The molecule has 0 saturated carbocycles. The average molecular weight is 449 g/mol. The summed E-state index contributed by atoms with van der Waals surface area (Å²) in [5, 5.41) is 16.1. The molecule has 0 saturated heterocycles. The monoisotopic (exact) mass is 448 g/mol. The molecule has 4 rings (SSSR count). The van der Waals surface area contributed by atoms with E-state index < -0.39 is 35.2 Å². The Labute approximate surface area is 177 Å². The number of nitrogens with zero attached hydrogens (tertiary/aromatic N) is 4. The van der Waals surface area contributed by atoms with E-state index in [2.05, 4.69) is 20.4 Å². The molecule has 0 aliphatic rings. The molecule has 4 aromatic rings. The lowest BCUT2D eigenvalue weighted by atomic mass is 10.1. The van der Waals surface area contributed by atoms with Crippen LogP contribution in [0, 0.1) is 17.5 Å². The van der Waals surface area contributed by atoms with Crippen molar-refractivity contribution < 1.29 is 23.1 Å². The van der Waals surface area contributed by atoms with Crippen molar-refractivity contribution in [3.63, 3.8) is 0 Å². The molecule has 0 aliphatic carbocycles. The summed E-state index contributed by atoms with van der Waals surface area (Å²) in [6.07, 6.45) is 0.638. The molecule has 2 heterocycles. The van der Waals surface area contributed by atoms with Gasteiger partial charge in [0.1, 0.15) is 34.7 Å². The lowest BCUT2D eigenvalue weighted by Crippen LogP contribution is -2.22. The van der Waals surface area contributed by atoms with Crippen LogP contribution in [0.15, 0.2) is 42.9 Å². The first-order valence-electron chi connectivity index (χ1n) is 8.63. The van der Waals surface area contributed by atoms with Gasteiger partial charge in [-0.25, -0.2) is 27.8 Å². The van der Waals surface area contributed by atoms with E-state index in [4.69, 9.17) is 17.3 Å². The number of nitrogens with one attached hydrogen (secondary N) is 1. The molecule has 0 radical (unpaired) electrons. The lowest BCUT2D eigenvalue weighted by molar-refractivity contribution is -0.124. The van der Waals surface area contributed by atoms with Crippen LogP contribution in [-0.2, 0) is 4.79 Å². The highest BCUT2D eigenvalue weighted by atomic mass is 35.5. The predicted octanol–water partition coefficient (Wildman–Crippen LogP) is 3.14. The Kier molecular flexibility index (Phi) is 5.21. The second kappa shape index (κ2) is 7.85. The van der Waals surface area contributed by atoms with Gasteiger partial charge in [-0.3, -0.25) is 4.79 Å². The van der Waals surface area contributed by atoms with Crippen molar-refractivity contribution in [2.75, 3.05) is 11.1 Å². The number of aliphatic hydroxyl groups excluding tert-OH is 1. The normalized spacial score (nSPS) is 12.2. The van der Waals surface area contributed by atoms with Gasteiger partial charge in [0.15, 0.2) is 17.7 Å². The third kappa shape index (κ3) is 3.88.